The Balaban J connectivity index is 2.20. The molecule has 2 atom stereocenters. The van der Waals surface area contributed by atoms with Crippen LogP contribution in [0.15, 0.2) is 54.6 Å². The minimum atomic E-state index is -1.58. The Morgan fingerprint density at radius 2 is 1.76 bits per heavy atom. The summed E-state index contributed by atoms with van der Waals surface area (Å²) >= 11 is 0. The Morgan fingerprint density at radius 3 is 2.29 bits per heavy atom. The molecule has 0 aromatic heterocycles. The summed E-state index contributed by atoms with van der Waals surface area (Å²) in [6, 6.07) is 17.2. The van der Waals surface area contributed by atoms with Gasteiger partial charge in [0, 0.05) is 16.6 Å². The molecule has 2 rings (SSSR count). The quantitative estimate of drug-likeness (QED) is 0.920. The first kappa shape index (κ1) is 14.9. The second-order valence-corrected chi connectivity index (χ2v) is 5.98. The first-order valence-electron chi connectivity index (χ1n) is 6.26. The Hall–Kier alpha value is -2.45. The van der Waals surface area contributed by atoms with Crippen molar-refractivity contribution in [1.29, 1.82) is 5.26 Å². The molecule has 2 aromatic carbocycles. The van der Waals surface area contributed by atoms with E-state index in [4.69, 9.17) is 5.26 Å². The molecular weight excluding hydrogens is 286 g/mol. The van der Waals surface area contributed by atoms with Crippen LogP contribution in [0.5, 0.6) is 0 Å². The van der Waals surface area contributed by atoms with Gasteiger partial charge in [-0.1, -0.05) is 42.5 Å². The van der Waals surface area contributed by atoms with E-state index in [9.17, 15) is 14.1 Å². The molecule has 0 aliphatic carbocycles. The maximum absolute atomic E-state index is 12.4. The van der Waals surface area contributed by atoms with Gasteiger partial charge in [-0.3, -0.25) is 9.00 Å². The molecule has 21 heavy (non-hydrogen) atoms. The lowest BCUT2D eigenvalue weighted by Gasteiger charge is -2.12. The van der Waals surface area contributed by atoms with Gasteiger partial charge in [-0.15, -0.1) is 0 Å². The number of carbonyl (C=O) groups is 1. The van der Waals surface area contributed by atoms with Crippen LogP contribution in [0.3, 0.4) is 0 Å². The van der Waals surface area contributed by atoms with Crippen LogP contribution >= 0.6 is 0 Å². The molecule has 0 amide bonds. The fraction of sp³-hybridized carbons (Fsp3) is 0.125. The van der Waals surface area contributed by atoms with Gasteiger partial charge in [0.05, 0.1) is 11.6 Å². The van der Waals surface area contributed by atoms with Gasteiger partial charge in [-0.05, 0) is 23.3 Å². The number of benzene rings is 2. The average Bonchev–Trinajstić information content (AvgIpc) is 2.49. The molecule has 106 valence electrons. The van der Waals surface area contributed by atoms with E-state index in [2.05, 4.69) is 0 Å². The fourth-order valence-corrected chi connectivity index (χ4v) is 3.33. The molecule has 0 spiro atoms. The number of carboxylic acid groups (broad SMARTS) is 1. The summed E-state index contributed by atoms with van der Waals surface area (Å²) in [5.41, 5.74) is 1.79. The van der Waals surface area contributed by atoms with Crippen LogP contribution in [0.1, 0.15) is 21.9 Å². The molecular formula is C16H13NO3S. The second kappa shape index (κ2) is 6.82. The van der Waals surface area contributed by atoms with E-state index in [0.29, 0.717) is 11.1 Å². The van der Waals surface area contributed by atoms with Crippen LogP contribution in [-0.2, 0) is 21.3 Å². The first-order chi connectivity index (χ1) is 10.1. The van der Waals surface area contributed by atoms with Crippen molar-refractivity contribution in [3.63, 3.8) is 0 Å². The van der Waals surface area contributed by atoms with Gasteiger partial charge in [-0.2, -0.15) is 5.26 Å². The van der Waals surface area contributed by atoms with E-state index in [0.717, 1.165) is 5.56 Å². The van der Waals surface area contributed by atoms with Crippen molar-refractivity contribution in [1.82, 2.24) is 0 Å². The number of hydrogen-bond donors (Lipinski definition) is 1. The summed E-state index contributed by atoms with van der Waals surface area (Å²) in [7, 11) is -1.58. The van der Waals surface area contributed by atoms with Crippen LogP contribution in [0.4, 0.5) is 0 Å². The van der Waals surface area contributed by atoms with Gasteiger partial charge in [-0.25, -0.2) is 0 Å². The van der Waals surface area contributed by atoms with Crippen molar-refractivity contribution in [2.24, 2.45) is 0 Å². The van der Waals surface area contributed by atoms with E-state index in [1.54, 1.807) is 54.6 Å². The molecule has 2 unspecified atom stereocenters. The van der Waals surface area contributed by atoms with Crippen LogP contribution in [0.2, 0.25) is 0 Å². The van der Waals surface area contributed by atoms with Gasteiger partial charge < -0.3 is 5.11 Å². The third-order valence-corrected chi connectivity index (χ3v) is 4.60. The van der Waals surface area contributed by atoms with Gasteiger partial charge in [0.15, 0.2) is 5.25 Å². The number of nitriles is 1. The summed E-state index contributed by atoms with van der Waals surface area (Å²) in [6.45, 7) is 0. The van der Waals surface area contributed by atoms with Crippen molar-refractivity contribution in [3.8, 4) is 6.07 Å². The molecule has 0 bridgehead atoms. The minimum Gasteiger partial charge on any atom is -0.480 e. The molecule has 0 saturated heterocycles. The van der Waals surface area contributed by atoms with Crippen molar-refractivity contribution in [2.45, 2.75) is 11.0 Å². The van der Waals surface area contributed by atoms with E-state index >= 15 is 0 Å². The number of carboxylic acids is 1. The number of aliphatic carboxylic acids is 1. The predicted octanol–water partition coefficient (Wildman–Crippen LogP) is 2.63. The summed E-state index contributed by atoms with van der Waals surface area (Å²) < 4.78 is 12.4. The van der Waals surface area contributed by atoms with Crippen LogP contribution in [0, 0.1) is 11.3 Å². The molecule has 0 fully saturated rings. The highest BCUT2D eigenvalue weighted by molar-refractivity contribution is 7.85. The Bertz CT molecular complexity index is 690. The molecule has 0 aliphatic heterocycles. The van der Waals surface area contributed by atoms with Gasteiger partial charge >= 0.3 is 5.97 Å². The maximum Gasteiger partial charge on any atom is 0.323 e. The van der Waals surface area contributed by atoms with E-state index in [1.807, 2.05) is 6.07 Å². The normalized spacial score (nSPS) is 13.1. The van der Waals surface area contributed by atoms with Crippen LogP contribution in [0.25, 0.3) is 0 Å². The Labute approximate surface area is 125 Å². The smallest absolute Gasteiger partial charge is 0.323 e. The van der Waals surface area contributed by atoms with Gasteiger partial charge in [0.1, 0.15) is 0 Å². The molecule has 0 saturated carbocycles. The summed E-state index contributed by atoms with van der Waals surface area (Å²) in [6.07, 6.45) is 0. The number of hydrogen-bond acceptors (Lipinski definition) is 3. The lowest BCUT2D eigenvalue weighted by molar-refractivity contribution is -0.136. The highest BCUT2D eigenvalue weighted by atomic mass is 32.2. The van der Waals surface area contributed by atoms with Crippen molar-refractivity contribution in [3.05, 3.63) is 71.3 Å². The van der Waals surface area contributed by atoms with Crippen LogP contribution < -0.4 is 0 Å². The molecule has 4 nitrogen and oxygen atoms in total. The molecule has 0 heterocycles. The lowest BCUT2D eigenvalue weighted by Crippen LogP contribution is -2.18. The molecule has 0 aliphatic rings. The zero-order valence-corrected chi connectivity index (χ0v) is 11.9. The van der Waals surface area contributed by atoms with Crippen molar-refractivity contribution >= 4 is 16.8 Å². The molecule has 0 radical (unpaired) electrons. The van der Waals surface area contributed by atoms with Crippen molar-refractivity contribution < 1.29 is 14.1 Å². The molecule has 2 aromatic rings. The second-order valence-electron chi connectivity index (χ2n) is 4.46. The summed E-state index contributed by atoms with van der Waals surface area (Å²) in [5, 5.41) is 17.0. The molecule has 5 heteroatoms. The Kier molecular flexibility index (Phi) is 4.85. The lowest BCUT2D eigenvalue weighted by atomic mass is 10.1. The summed E-state index contributed by atoms with van der Waals surface area (Å²) in [5.74, 6) is -0.967. The highest BCUT2D eigenvalue weighted by Crippen LogP contribution is 2.23. The highest BCUT2D eigenvalue weighted by Gasteiger charge is 2.26. The average molecular weight is 299 g/mol. The molecule has 1 N–H and O–H groups in total. The predicted molar refractivity (Wildman–Crippen MR) is 79.8 cm³/mol. The largest absolute Gasteiger partial charge is 0.480 e. The first-order valence-corrected chi connectivity index (χ1v) is 7.64. The monoisotopic (exact) mass is 299 g/mol. The van der Waals surface area contributed by atoms with Crippen molar-refractivity contribution in [2.75, 3.05) is 0 Å². The third kappa shape index (κ3) is 3.77. The van der Waals surface area contributed by atoms with Crippen LogP contribution in [-0.4, -0.2) is 15.3 Å². The summed E-state index contributed by atoms with van der Waals surface area (Å²) in [4.78, 5) is 11.4. The maximum atomic E-state index is 12.4. The standard InChI is InChI=1S/C16H13NO3S/c17-10-12-6-8-13(9-7-12)11-21(20)15(16(18)19)14-4-2-1-3-5-14/h1-9,15H,11H2,(H,18,19). The number of rotatable bonds is 5. The zero-order valence-electron chi connectivity index (χ0n) is 11.1. The number of nitrogens with zero attached hydrogens (tertiary/aromatic N) is 1. The van der Waals surface area contributed by atoms with Gasteiger partial charge in [0.2, 0.25) is 0 Å². The topological polar surface area (TPSA) is 78.2 Å². The fourth-order valence-electron chi connectivity index (χ4n) is 1.96. The third-order valence-electron chi connectivity index (χ3n) is 2.98. The Morgan fingerprint density at radius 1 is 1.14 bits per heavy atom. The van der Waals surface area contributed by atoms with E-state index in [-0.39, 0.29) is 5.75 Å². The zero-order chi connectivity index (χ0) is 15.2. The minimum absolute atomic E-state index is 0.136. The van der Waals surface area contributed by atoms with E-state index < -0.39 is 22.0 Å². The van der Waals surface area contributed by atoms with Gasteiger partial charge in [0.25, 0.3) is 0 Å². The SMILES string of the molecule is N#Cc1ccc(CS(=O)C(C(=O)O)c2ccccc2)cc1. The van der Waals surface area contributed by atoms with E-state index in [1.165, 1.54) is 0 Å².